The van der Waals surface area contributed by atoms with Crippen molar-refractivity contribution < 1.29 is 9.47 Å². The Kier molecular flexibility index (Phi) is 6.19. The van der Waals surface area contributed by atoms with E-state index in [2.05, 4.69) is 25.4 Å². The molecule has 1 N–H and O–H groups in total. The predicted octanol–water partition coefficient (Wildman–Crippen LogP) is 0.790. The fraction of sp³-hybridized carbons (Fsp3) is 0.588. The summed E-state index contributed by atoms with van der Waals surface area (Å²) in [5.41, 5.74) is 0.851. The van der Waals surface area contributed by atoms with Gasteiger partial charge in [0, 0.05) is 39.4 Å². The number of hydrogen-bond donors (Lipinski definition) is 1. The summed E-state index contributed by atoms with van der Waals surface area (Å²) in [7, 11) is 3.50. The molecule has 25 heavy (non-hydrogen) atoms. The minimum atomic E-state index is 0.532. The van der Waals surface area contributed by atoms with Gasteiger partial charge in [-0.2, -0.15) is 0 Å². The first-order chi connectivity index (χ1) is 12.3. The highest BCUT2D eigenvalue weighted by Crippen LogP contribution is 2.16. The molecule has 0 aliphatic carbocycles. The van der Waals surface area contributed by atoms with E-state index in [4.69, 9.17) is 9.47 Å². The first kappa shape index (κ1) is 17.6. The van der Waals surface area contributed by atoms with Crippen LogP contribution in [0.15, 0.2) is 29.4 Å². The maximum absolute atomic E-state index is 5.65. The van der Waals surface area contributed by atoms with E-state index in [0.717, 1.165) is 43.5 Å². The van der Waals surface area contributed by atoms with E-state index >= 15 is 0 Å². The highest BCUT2D eigenvalue weighted by atomic mass is 16.5. The van der Waals surface area contributed by atoms with Gasteiger partial charge in [-0.1, -0.05) is 6.07 Å². The molecule has 0 amide bonds. The number of methoxy groups -OCH3 is 1. The average Bonchev–Trinajstić information content (AvgIpc) is 3.27. The number of ether oxygens (including phenoxy) is 2. The molecule has 3 rings (SSSR count). The van der Waals surface area contributed by atoms with E-state index in [-0.39, 0.29) is 0 Å². The van der Waals surface area contributed by atoms with E-state index in [1.54, 1.807) is 7.11 Å². The van der Waals surface area contributed by atoms with Crippen molar-refractivity contribution in [2.24, 2.45) is 10.9 Å². The van der Waals surface area contributed by atoms with Gasteiger partial charge in [0.2, 0.25) is 0 Å². The molecule has 1 unspecified atom stereocenters. The van der Waals surface area contributed by atoms with Crippen LogP contribution in [-0.2, 0) is 16.0 Å². The van der Waals surface area contributed by atoms with E-state index in [9.17, 15) is 0 Å². The highest BCUT2D eigenvalue weighted by molar-refractivity contribution is 5.80. The molecular weight excluding hydrogens is 320 g/mol. The molecule has 1 aliphatic rings. The van der Waals surface area contributed by atoms with Crippen LogP contribution in [0.25, 0.3) is 5.65 Å². The van der Waals surface area contributed by atoms with Crippen LogP contribution in [0.4, 0.5) is 0 Å². The fourth-order valence-electron chi connectivity index (χ4n) is 3.06. The van der Waals surface area contributed by atoms with E-state index in [1.807, 2.05) is 35.8 Å². The van der Waals surface area contributed by atoms with Crippen molar-refractivity contribution in [3.05, 3.63) is 30.2 Å². The van der Waals surface area contributed by atoms with Crippen LogP contribution >= 0.6 is 0 Å². The van der Waals surface area contributed by atoms with Crippen molar-refractivity contribution in [2.75, 3.05) is 47.1 Å². The summed E-state index contributed by atoms with van der Waals surface area (Å²) in [6.45, 7) is 4.59. The number of pyridine rings is 1. The van der Waals surface area contributed by atoms with Crippen LogP contribution in [0.2, 0.25) is 0 Å². The lowest BCUT2D eigenvalue weighted by molar-refractivity contribution is 0.0536. The summed E-state index contributed by atoms with van der Waals surface area (Å²) in [6.07, 6.45) is 3.08. The number of guanidine groups is 1. The summed E-state index contributed by atoms with van der Waals surface area (Å²) in [4.78, 5) is 6.68. The summed E-state index contributed by atoms with van der Waals surface area (Å²) < 4.78 is 12.6. The number of fused-ring (bicyclic) bond motifs is 1. The van der Waals surface area contributed by atoms with Crippen LogP contribution < -0.4 is 5.32 Å². The van der Waals surface area contributed by atoms with Crippen molar-refractivity contribution in [1.82, 2.24) is 24.8 Å². The number of nitrogens with one attached hydrogen (secondary N) is 1. The molecule has 1 saturated heterocycles. The number of aromatic nitrogens is 3. The molecule has 0 radical (unpaired) electrons. The third-order valence-electron chi connectivity index (χ3n) is 4.37. The Morgan fingerprint density at radius 3 is 3.12 bits per heavy atom. The molecule has 2 aromatic heterocycles. The minimum absolute atomic E-state index is 0.532. The van der Waals surface area contributed by atoms with Gasteiger partial charge in [-0.05, 0) is 18.6 Å². The van der Waals surface area contributed by atoms with Crippen molar-refractivity contribution >= 4 is 11.6 Å². The van der Waals surface area contributed by atoms with Gasteiger partial charge < -0.3 is 19.7 Å². The normalized spacial score (nSPS) is 18.2. The summed E-state index contributed by atoms with van der Waals surface area (Å²) in [6, 6.07) is 5.88. The predicted molar refractivity (Wildman–Crippen MR) is 95.6 cm³/mol. The second kappa shape index (κ2) is 8.77. The van der Waals surface area contributed by atoms with Gasteiger partial charge >= 0.3 is 0 Å². The number of likely N-dealkylation sites (tertiary alicyclic amines) is 1. The molecule has 0 aromatic carbocycles. The van der Waals surface area contributed by atoms with Crippen molar-refractivity contribution in [1.29, 1.82) is 0 Å². The number of nitrogens with zero attached hydrogens (tertiary/aromatic N) is 5. The molecule has 136 valence electrons. The Hall–Kier alpha value is -2.19. The molecule has 0 spiro atoms. The van der Waals surface area contributed by atoms with E-state index < -0.39 is 0 Å². The number of hydrogen-bond acceptors (Lipinski definition) is 5. The van der Waals surface area contributed by atoms with Crippen molar-refractivity contribution in [3.63, 3.8) is 0 Å². The number of rotatable bonds is 7. The topological polar surface area (TPSA) is 76.3 Å². The van der Waals surface area contributed by atoms with Crippen LogP contribution in [0.1, 0.15) is 12.2 Å². The first-order valence-corrected chi connectivity index (χ1v) is 8.62. The largest absolute Gasteiger partial charge is 0.382 e. The molecule has 2 aromatic rings. The third kappa shape index (κ3) is 4.46. The quantitative estimate of drug-likeness (QED) is 0.454. The lowest BCUT2D eigenvalue weighted by Gasteiger charge is -2.21. The Bertz CT molecular complexity index is 701. The average molecular weight is 346 g/mol. The van der Waals surface area contributed by atoms with Gasteiger partial charge in [0.1, 0.15) is 0 Å². The second-order valence-corrected chi connectivity index (χ2v) is 6.11. The van der Waals surface area contributed by atoms with Crippen LogP contribution in [0.3, 0.4) is 0 Å². The SMILES string of the molecule is CN=C(NCc1nnc2ccccn12)N1CCC(COCCOC)C1. The molecule has 1 aliphatic heterocycles. The summed E-state index contributed by atoms with van der Waals surface area (Å²) in [5, 5.41) is 11.8. The molecular formula is C17H26N6O2. The zero-order chi connectivity index (χ0) is 17.5. The molecule has 8 heteroatoms. The van der Waals surface area contributed by atoms with Gasteiger partial charge in [0.25, 0.3) is 0 Å². The smallest absolute Gasteiger partial charge is 0.194 e. The molecule has 1 fully saturated rings. The van der Waals surface area contributed by atoms with Crippen molar-refractivity contribution in [3.8, 4) is 0 Å². The van der Waals surface area contributed by atoms with Gasteiger partial charge in [-0.25, -0.2) is 0 Å². The lowest BCUT2D eigenvalue weighted by atomic mass is 10.1. The van der Waals surface area contributed by atoms with E-state index in [1.165, 1.54) is 0 Å². The summed E-state index contributed by atoms with van der Waals surface area (Å²) in [5.74, 6) is 2.30. The van der Waals surface area contributed by atoms with Crippen LogP contribution in [0, 0.1) is 5.92 Å². The highest BCUT2D eigenvalue weighted by Gasteiger charge is 2.25. The Labute approximate surface area is 147 Å². The first-order valence-electron chi connectivity index (χ1n) is 8.62. The van der Waals surface area contributed by atoms with Gasteiger partial charge in [0.15, 0.2) is 17.4 Å². The molecule has 0 bridgehead atoms. The van der Waals surface area contributed by atoms with Gasteiger partial charge in [0.05, 0.1) is 26.4 Å². The van der Waals surface area contributed by atoms with Gasteiger partial charge in [-0.15, -0.1) is 10.2 Å². The fourth-order valence-corrected chi connectivity index (χ4v) is 3.06. The van der Waals surface area contributed by atoms with E-state index in [0.29, 0.717) is 25.7 Å². The maximum Gasteiger partial charge on any atom is 0.194 e. The Balaban J connectivity index is 1.50. The molecule has 0 saturated carbocycles. The van der Waals surface area contributed by atoms with Crippen LogP contribution in [0.5, 0.6) is 0 Å². The van der Waals surface area contributed by atoms with Crippen LogP contribution in [-0.4, -0.2) is 72.5 Å². The maximum atomic E-state index is 5.65. The van der Waals surface area contributed by atoms with Crippen molar-refractivity contribution in [2.45, 2.75) is 13.0 Å². The lowest BCUT2D eigenvalue weighted by Crippen LogP contribution is -2.40. The molecule has 8 nitrogen and oxygen atoms in total. The zero-order valence-electron chi connectivity index (χ0n) is 14.9. The number of aliphatic imine (C=N–C) groups is 1. The standard InChI is InChI=1S/C17H26N6O2/c1-18-17(22-8-6-14(12-22)13-25-10-9-24-2)19-11-16-21-20-15-5-3-4-7-23(15)16/h3-5,7,14H,6,8-13H2,1-2H3,(H,18,19). The second-order valence-electron chi connectivity index (χ2n) is 6.11. The minimum Gasteiger partial charge on any atom is -0.382 e. The third-order valence-corrected chi connectivity index (χ3v) is 4.37. The zero-order valence-corrected chi connectivity index (χ0v) is 14.9. The Morgan fingerprint density at radius 1 is 1.36 bits per heavy atom. The summed E-state index contributed by atoms with van der Waals surface area (Å²) >= 11 is 0. The monoisotopic (exact) mass is 346 g/mol. The molecule has 3 heterocycles. The molecule has 1 atom stereocenters. The Morgan fingerprint density at radius 2 is 2.28 bits per heavy atom. The van der Waals surface area contributed by atoms with Gasteiger partial charge in [-0.3, -0.25) is 9.39 Å².